The van der Waals surface area contributed by atoms with Crippen LogP contribution in [0.5, 0.6) is 0 Å². The van der Waals surface area contributed by atoms with Crippen molar-refractivity contribution in [3.8, 4) is 0 Å². The van der Waals surface area contributed by atoms with Gasteiger partial charge in [-0.3, -0.25) is 4.79 Å². The number of carboxylic acid groups (broad SMARTS) is 1. The molecule has 0 amide bonds. The molecule has 0 aliphatic heterocycles. The quantitative estimate of drug-likeness (QED) is 0.750. The van der Waals surface area contributed by atoms with Crippen molar-refractivity contribution in [1.82, 2.24) is 0 Å². The van der Waals surface area contributed by atoms with Crippen molar-refractivity contribution in [1.29, 1.82) is 0 Å². The summed E-state index contributed by atoms with van der Waals surface area (Å²) >= 11 is 0. The molecular weight excluding hydrogens is 224 g/mol. The van der Waals surface area contributed by atoms with Crippen molar-refractivity contribution < 1.29 is 9.90 Å². The summed E-state index contributed by atoms with van der Waals surface area (Å²) < 4.78 is 0. The summed E-state index contributed by atoms with van der Waals surface area (Å²) in [6.07, 6.45) is 5.27. The fourth-order valence-corrected chi connectivity index (χ4v) is 2.34. The first-order valence-corrected chi connectivity index (χ1v) is 6.90. The molecule has 2 atom stereocenters. The maximum atomic E-state index is 11.0. The van der Waals surface area contributed by atoms with E-state index in [2.05, 4.69) is 19.1 Å². The highest BCUT2D eigenvalue weighted by Crippen LogP contribution is 2.23. The topological polar surface area (TPSA) is 37.3 Å². The van der Waals surface area contributed by atoms with E-state index in [-0.39, 0.29) is 5.92 Å². The minimum Gasteiger partial charge on any atom is -0.481 e. The van der Waals surface area contributed by atoms with Gasteiger partial charge in [-0.1, -0.05) is 63.4 Å². The molecule has 0 aliphatic rings. The van der Waals surface area contributed by atoms with E-state index >= 15 is 0 Å². The molecule has 18 heavy (non-hydrogen) atoms. The maximum absolute atomic E-state index is 11.0. The maximum Gasteiger partial charge on any atom is 0.306 e. The third-order valence-electron chi connectivity index (χ3n) is 3.44. The van der Waals surface area contributed by atoms with Gasteiger partial charge < -0.3 is 5.11 Å². The molecule has 0 spiro atoms. The van der Waals surface area contributed by atoms with Gasteiger partial charge in [-0.2, -0.15) is 0 Å². The second-order valence-electron chi connectivity index (χ2n) is 5.17. The Balaban J connectivity index is 2.57. The van der Waals surface area contributed by atoms with E-state index in [1.165, 1.54) is 18.4 Å². The number of rotatable bonds is 8. The van der Waals surface area contributed by atoms with E-state index in [4.69, 9.17) is 5.11 Å². The Morgan fingerprint density at radius 1 is 1.28 bits per heavy atom. The Labute approximate surface area is 110 Å². The van der Waals surface area contributed by atoms with E-state index in [0.29, 0.717) is 5.92 Å². The molecule has 2 nitrogen and oxygen atoms in total. The van der Waals surface area contributed by atoms with E-state index < -0.39 is 5.97 Å². The fraction of sp³-hybridized carbons (Fsp3) is 0.562. The molecule has 1 aromatic carbocycles. The second-order valence-corrected chi connectivity index (χ2v) is 5.17. The van der Waals surface area contributed by atoms with Gasteiger partial charge in [0.1, 0.15) is 0 Å². The molecular formula is C16H24O2. The number of hydrogen-bond donors (Lipinski definition) is 1. The van der Waals surface area contributed by atoms with Gasteiger partial charge in [0, 0.05) is 0 Å². The predicted octanol–water partition coefficient (Wildman–Crippen LogP) is 4.15. The molecule has 100 valence electrons. The van der Waals surface area contributed by atoms with Crippen LogP contribution < -0.4 is 0 Å². The second kappa shape index (κ2) is 7.91. The Hall–Kier alpha value is -1.31. The summed E-state index contributed by atoms with van der Waals surface area (Å²) in [6.45, 7) is 3.99. The highest BCUT2D eigenvalue weighted by molar-refractivity contribution is 5.69. The van der Waals surface area contributed by atoms with Crippen LogP contribution in [0.1, 0.15) is 45.1 Å². The minimum absolute atomic E-state index is 0.240. The summed E-state index contributed by atoms with van der Waals surface area (Å²) in [5.74, 6) is -0.432. The molecule has 1 aromatic rings. The third-order valence-corrected chi connectivity index (χ3v) is 3.44. The Morgan fingerprint density at radius 2 is 1.94 bits per heavy atom. The third kappa shape index (κ3) is 5.35. The summed E-state index contributed by atoms with van der Waals surface area (Å²) in [4.78, 5) is 11.0. The number of unbranched alkanes of at least 4 members (excludes halogenated alkanes) is 1. The van der Waals surface area contributed by atoms with Crippen LogP contribution in [0.15, 0.2) is 30.3 Å². The zero-order valence-electron chi connectivity index (χ0n) is 11.4. The van der Waals surface area contributed by atoms with Crippen LogP contribution in [0.2, 0.25) is 0 Å². The molecule has 1 rings (SSSR count). The van der Waals surface area contributed by atoms with Gasteiger partial charge in [-0.25, -0.2) is 0 Å². The van der Waals surface area contributed by atoms with Crippen LogP contribution in [0.3, 0.4) is 0 Å². The highest BCUT2D eigenvalue weighted by atomic mass is 16.4. The van der Waals surface area contributed by atoms with Crippen LogP contribution >= 0.6 is 0 Å². The molecule has 0 aliphatic carbocycles. The predicted molar refractivity (Wildman–Crippen MR) is 74.6 cm³/mol. The Bertz CT molecular complexity index is 345. The molecule has 0 bridgehead atoms. The highest BCUT2D eigenvalue weighted by Gasteiger charge is 2.18. The fourth-order valence-electron chi connectivity index (χ4n) is 2.34. The monoisotopic (exact) mass is 248 g/mol. The molecule has 0 radical (unpaired) electrons. The van der Waals surface area contributed by atoms with Gasteiger partial charge in [0.2, 0.25) is 0 Å². The van der Waals surface area contributed by atoms with Crippen LogP contribution in [-0.4, -0.2) is 11.1 Å². The molecule has 1 N–H and O–H groups in total. The van der Waals surface area contributed by atoms with Crippen molar-refractivity contribution in [2.45, 2.75) is 46.0 Å². The average Bonchev–Trinajstić information content (AvgIpc) is 2.37. The normalized spacial score (nSPS) is 14.1. The number of carboxylic acids is 1. The Morgan fingerprint density at radius 3 is 2.50 bits per heavy atom. The van der Waals surface area contributed by atoms with Crippen LogP contribution in [0.4, 0.5) is 0 Å². The number of benzene rings is 1. The molecule has 0 heterocycles. The van der Waals surface area contributed by atoms with Gasteiger partial charge in [0.05, 0.1) is 5.92 Å². The van der Waals surface area contributed by atoms with Crippen LogP contribution in [-0.2, 0) is 11.2 Å². The number of aliphatic carboxylic acids is 1. The zero-order chi connectivity index (χ0) is 13.4. The van der Waals surface area contributed by atoms with Gasteiger partial charge in [-0.15, -0.1) is 0 Å². The van der Waals surface area contributed by atoms with Crippen molar-refractivity contribution in [3.63, 3.8) is 0 Å². The minimum atomic E-state index is -0.676. The lowest BCUT2D eigenvalue weighted by Gasteiger charge is -2.19. The van der Waals surface area contributed by atoms with Gasteiger partial charge in [0.25, 0.3) is 0 Å². The lowest BCUT2D eigenvalue weighted by atomic mass is 9.86. The van der Waals surface area contributed by atoms with E-state index in [1.54, 1.807) is 0 Å². The van der Waals surface area contributed by atoms with Crippen molar-refractivity contribution in [2.24, 2.45) is 11.8 Å². The summed E-state index contributed by atoms with van der Waals surface area (Å²) in [6, 6.07) is 10.4. The van der Waals surface area contributed by atoms with Gasteiger partial charge in [-0.05, 0) is 24.3 Å². The zero-order valence-corrected chi connectivity index (χ0v) is 11.4. The largest absolute Gasteiger partial charge is 0.481 e. The summed E-state index contributed by atoms with van der Waals surface area (Å²) in [5.41, 5.74) is 1.32. The van der Waals surface area contributed by atoms with Crippen molar-refractivity contribution in [2.75, 3.05) is 0 Å². The van der Waals surface area contributed by atoms with Crippen LogP contribution in [0, 0.1) is 11.8 Å². The van der Waals surface area contributed by atoms with E-state index in [1.807, 2.05) is 25.1 Å². The SMILES string of the molecule is CCCC[C@@H](Cc1ccccc1)CC(C)C(=O)O. The molecule has 0 fully saturated rings. The summed E-state index contributed by atoms with van der Waals surface area (Å²) in [7, 11) is 0. The Kier molecular flexibility index (Phi) is 6.48. The average molecular weight is 248 g/mol. The van der Waals surface area contributed by atoms with Crippen LogP contribution in [0.25, 0.3) is 0 Å². The lowest BCUT2D eigenvalue weighted by molar-refractivity contribution is -0.141. The van der Waals surface area contributed by atoms with E-state index in [0.717, 1.165) is 19.3 Å². The van der Waals surface area contributed by atoms with Gasteiger partial charge in [0.15, 0.2) is 0 Å². The van der Waals surface area contributed by atoms with Crippen molar-refractivity contribution in [3.05, 3.63) is 35.9 Å². The first kappa shape index (κ1) is 14.7. The number of hydrogen-bond acceptors (Lipinski definition) is 1. The number of carbonyl (C=O) groups is 1. The molecule has 1 unspecified atom stereocenters. The first-order valence-electron chi connectivity index (χ1n) is 6.90. The molecule has 0 saturated heterocycles. The molecule has 0 saturated carbocycles. The summed E-state index contributed by atoms with van der Waals surface area (Å²) in [5, 5.41) is 9.02. The standard InChI is InChI=1S/C16H24O2/c1-3-4-8-15(11-13(2)16(17)18)12-14-9-6-5-7-10-14/h5-7,9-10,13,15H,3-4,8,11-12H2,1-2H3,(H,17,18)/t13?,15-/m1/s1. The first-order chi connectivity index (χ1) is 8.63. The molecule has 0 aromatic heterocycles. The van der Waals surface area contributed by atoms with Crippen molar-refractivity contribution >= 4 is 5.97 Å². The lowest BCUT2D eigenvalue weighted by Crippen LogP contribution is -2.16. The van der Waals surface area contributed by atoms with Gasteiger partial charge >= 0.3 is 5.97 Å². The molecule has 2 heteroatoms. The smallest absolute Gasteiger partial charge is 0.306 e. The van der Waals surface area contributed by atoms with E-state index in [9.17, 15) is 4.79 Å².